The summed E-state index contributed by atoms with van der Waals surface area (Å²) in [6.45, 7) is 5.32. The van der Waals surface area contributed by atoms with Crippen LogP contribution in [0.25, 0.3) is 0 Å². The summed E-state index contributed by atoms with van der Waals surface area (Å²) in [5.41, 5.74) is 4.91. The molecule has 0 radical (unpaired) electrons. The highest BCUT2D eigenvalue weighted by molar-refractivity contribution is 5.89. The molecule has 0 spiro atoms. The van der Waals surface area contributed by atoms with Crippen LogP contribution < -0.4 is 16.4 Å². The minimum absolute atomic E-state index is 0.216. The molecule has 0 saturated heterocycles. The predicted octanol–water partition coefficient (Wildman–Crippen LogP) is -0.253. The summed E-state index contributed by atoms with van der Waals surface area (Å²) in [6.07, 6.45) is 0.460. The standard InChI is InChI=1S/C11H21N3O4/c1-6(2)5-8(10(16)18-4)14-9(15)7(3)13-11(12)17/h6-8H,5H2,1-4H3,(H,14,15)(H3,12,13,17). The lowest BCUT2D eigenvalue weighted by Crippen LogP contribution is -2.51. The normalized spacial score (nSPS) is 13.6. The third-order valence-corrected chi connectivity index (χ3v) is 2.26. The lowest BCUT2D eigenvalue weighted by molar-refractivity contribution is -0.145. The Kier molecular flexibility index (Phi) is 6.77. The molecule has 0 aromatic rings. The third-order valence-electron chi connectivity index (χ3n) is 2.26. The van der Waals surface area contributed by atoms with E-state index in [9.17, 15) is 14.4 Å². The van der Waals surface area contributed by atoms with E-state index >= 15 is 0 Å². The lowest BCUT2D eigenvalue weighted by atomic mass is 10.0. The van der Waals surface area contributed by atoms with Crippen molar-refractivity contribution in [3.05, 3.63) is 0 Å². The monoisotopic (exact) mass is 259 g/mol. The number of ether oxygens (including phenoxy) is 1. The van der Waals surface area contributed by atoms with E-state index in [-0.39, 0.29) is 5.92 Å². The number of nitrogens with two attached hydrogens (primary N) is 1. The molecule has 0 aromatic carbocycles. The number of carbonyl (C=O) groups excluding carboxylic acids is 3. The number of carbonyl (C=O) groups is 3. The van der Waals surface area contributed by atoms with Gasteiger partial charge in [0.05, 0.1) is 7.11 Å². The molecule has 4 N–H and O–H groups in total. The Bertz CT molecular complexity index is 317. The van der Waals surface area contributed by atoms with Gasteiger partial charge in [-0.1, -0.05) is 13.8 Å². The van der Waals surface area contributed by atoms with Crippen LogP contribution >= 0.6 is 0 Å². The Labute approximate surface area is 106 Å². The average Bonchev–Trinajstić information content (AvgIpc) is 2.25. The molecule has 3 amide bonds. The average molecular weight is 259 g/mol. The van der Waals surface area contributed by atoms with Crippen molar-refractivity contribution in [1.82, 2.24) is 10.6 Å². The molecule has 0 aliphatic carbocycles. The number of urea groups is 1. The van der Waals surface area contributed by atoms with E-state index in [4.69, 9.17) is 5.73 Å². The molecule has 0 aliphatic heterocycles. The van der Waals surface area contributed by atoms with Gasteiger partial charge in [-0.2, -0.15) is 0 Å². The molecule has 0 bridgehead atoms. The largest absolute Gasteiger partial charge is 0.467 e. The first-order chi connectivity index (χ1) is 8.27. The highest BCUT2D eigenvalue weighted by atomic mass is 16.5. The third kappa shape index (κ3) is 6.07. The molecule has 18 heavy (non-hydrogen) atoms. The van der Waals surface area contributed by atoms with E-state index in [2.05, 4.69) is 15.4 Å². The van der Waals surface area contributed by atoms with Gasteiger partial charge in [0.1, 0.15) is 12.1 Å². The predicted molar refractivity (Wildman–Crippen MR) is 65.6 cm³/mol. The Hall–Kier alpha value is -1.79. The van der Waals surface area contributed by atoms with Gasteiger partial charge in [-0.3, -0.25) is 4.79 Å². The van der Waals surface area contributed by atoms with Crippen molar-refractivity contribution < 1.29 is 19.1 Å². The molecular formula is C11H21N3O4. The summed E-state index contributed by atoms with van der Waals surface area (Å²) in [4.78, 5) is 33.8. The van der Waals surface area contributed by atoms with Crippen LogP contribution in [-0.4, -0.2) is 37.1 Å². The van der Waals surface area contributed by atoms with Gasteiger partial charge in [-0.05, 0) is 19.3 Å². The number of methoxy groups -OCH3 is 1. The van der Waals surface area contributed by atoms with Crippen molar-refractivity contribution in [2.75, 3.05) is 7.11 Å². The first-order valence-corrected chi connectivity index (χ1v) is 5.72. The maximum atomic E-state index is 11.7. The maximum absolute atomic E-state index is 11.7. The zero-order valence-corrected chi connectivity index (χ0v) is 11.1. The molecule has 0 heterocycles. The van der Waals surface area contributed by atoms with Crippen molar-refractivity contribution in [2.45, 2.75) is 39.3 Å². The molecule has 0 rings (SSSR count). The van der Waals surface area contributed by atoms with Crippen LogP contribution in [0.5, 0.6) is 0 Å². The van der Waals surface area contributed by atoms with E-state index in [1.54, 1.807) is 0 Å². The fraction of sp³-hybridized carbons (Fsp3) is 0.727. The van der Waals surface area contributed by atoms with Gasteiger partial charge in [0.15, 0.2) is 0 Å². The molecule has 0 aliphatic rings. The fourth-order valence-electron chi connectivity index (χ4n) is 1.40. The number of hydrogen-bond donors (Lipinski definition) is 3. The number of hydrogen-bond acceptors (Lipinski definition) is 4. The molecule has 104 valence electrons. The van der Waals surface area contributed by atoms with Crippen LogP contribution in [0, 0.1) is 5.92 Å². The Morgan fingerprint density at radius 3 is 2.11 bits per heavy atom. The first-order valence-electron chi connectivity index (χ1n) is 5.72. The van der Waals surface area contributed by atoms with Crippen LogP contribution in [0.4, 0.5) is 4.79 Å². The number of primary amides is 1. The van der Waals surface area contributed by atoms with Gasteiger partial charge in [0.25, 0.3) is 0 Å². The highest BCUT2D eigenvalue weighted by Gasteiger charge is 2.25. The summed E-state index contributed by atoms with van der Waals surface area (Å²) in [6, 6.07) is -2.32. The van der Waals surface area contributed by atoms with Crippen LogP contribution in [0.15, 0.2) is 0 Å². The van der Waals surface area contributed by atoms with Crippen molar-refractivity contribution in [1.29, 1.82) is 0 Å². The van der Waals surface area contributed by atoms with Crippen LogP contribution in [0.3, 0.4) is 0 Å². The minimum atomic E-state index is -0.804. The topological polar surface area (TPSA) is 111 Å². The van der Waals surface area contributed by atoms with Gasteiger partial charge < -0.3 is 21.1 Å². The molecule has 2 unspecified atom stereocenters. The molecule has 0 aromatic heterocycles. The fourth-order valence-corrected chi connectivity index (χ4v) is 1.40. The molecule has 2 atom stereocenters. The molecule has 0 fully saturated rings. The Balaban J connectivity index is 4.52. The smallest absolute Gasteiger partial charge is 0.328 e. The quantitative estimate of drug-likeness (QED) is 0.571. The van der Waals surface area contributed by atoms with Gasteiger partial charge in [-0.15, -0.1) is 0 Å². The summed E-state index contributed by atoms with van der Waals surface area (Å²) in [5.74, 6) is -0.776. The van der Waals surface area contributed by atoms with Crippen molar-refractivity contribution >= 4 is 17.9 Å². The van der Waals surface area contributed by atoms with Gasteiger partial charge in [0.2, 0.25) is 5.91 Å². The first kappa shape index (κ1) is 16.2. The molecule has 7 nitrogen and oxygen atoms in total. The second-order valence-electron chi connectivity index (χ2n) is 4.44. The minimum Gasteiger partial charge on any atom is -0.467 e. The number of rotatable bonds is 6. The van der Waals surface area contributed by atoms with Gasteiger partial charge in [0, 0.05) is 0 Å². The van der Waals surface area contributed by atoms with E-state index in [1.807, 2.05) is 13.8 Å². The second kappa shape index (κ2) is 7.52. The van der Waals surface area contributed by atoms with Crippen molar-refractivity contribution in [3.63, 3.8) is 0 Å². The summed E-state index contributed by atoms with van der Waals surface area (Å²) < 4.78 is 4.61. The van der Waals surface area contributed by atoms with Crippen molar-refractivity contribution in [3.8, 4) is 0 Å². The van der Waals surface area contributed by atoms with Gasteiger partial charge >= 0.3 is 12.0 Å². The van der Waals surface area contributed by atoms with E-state index in [0.29, 0.717) is 6.42 Å². The highest BCUT2D eigenvalue weighted by Crippen LogP contribution is 2.06. The summed E-state index contributed by atoms with van der Waals surface area (Å²) in [5, 5.41) is 4.75. The Morgan fingerprint density at radius 1 is 1.17 bits per heavy atom. The molecule has 7 heteroatoms. The second-order valence-corrected chi connectivity index (χ2v) is 4.44. The SMILES string of the molecule is COC(=O)C(CC(C)C)NC(=O)C(C)NC(N)=O. The number of esters is 1. The van der Waals surface area contributed by atoms with Crippen molar-refractivity contribution in [2.24, 2.45) is 11.7 Å². The summed E-state index contributed by atoms with van der Waals surface area (Å²) >= 11 is 0. The van der Waals surface area contributed by atoms with Crippen LogP contribution in [-0.2, 0) is 14.3 Å². The van der Waals surface area contributed by atoms with Gasteiger partial charge in [-0.25, -0.2) is 9.59 Å². The molecular weight excluding hydrogens is 238 g/mol. The zero-order valence-electron chi connectivity index (χ0n) is 11.1. The van der Waals surface area contributed by atoms with Crippen LogP contribution in [0.1, 0.15) is 27.2 Å². The van der Waals surface area contributed by atoms with E-state index < -0.39 is 30.0 Å². The number of amides is 3. The lowest BCUT2D eigenvalue weighted by Gasteiger charge is -2.20. The maximum Gasteiger partial charge on any atom is 0.328 e. The zero-order chi connectivity index (χ0) is 14.3. The Morgan fingerprint density at radius 2 is 1.72 bits per heavy atom. The van der Waals surface area contributed by atoms with E-state index in [0.717, 1.165) is 0 Å². The van der Waals surface area contributed by atoms with E-state index in [1.165, 1.54) is 14.0 Å². The molecule has 0 saturated carbocycles. The van der Waals surface area contributed by atoms with Crippen LogP contribution in [0.2, 0.25) is 0 Å². The number of nitrogens with one attached hydrogen (secondary N) is 2. The summed E-state index contributed by atoms with van der Waals surface area (Å²) in [7, 11) is 1.26.